The summed E-state index contributed by atoms with van der Waals surface area (Å²) in [5.41, 5.74) is 0.426. The summed E-state index contributed by atoms with van der Waals surface area (Å²) in [7, 11) is 5.84. The van der Waals surface area contributed by atoms with Crippen LogP contribution in [0.4, 0.5) is 14.5 Å². The van der Waals surface area contributed by atoms with Crippen molar-refractivity contribution in [3.05, 3.63) is 41.9 Å². The Labute approximate surface area is 164 Å². The Morgan fingerprint density at radius 2 is 1.76 bits per heavy atom. The molecule has 0 aliphatic carbocycles. The quantitative estimate of drug-likeness (QED) is 0.651. The number of carboxylic acid groups (broad SMARTS) is 1. The molecule has 0 saturated heterocycles. The van der Waals surface area contributed by atoms with Gasteiger partial charge in [-0.3, -0.25) is 9.67 Å². The number of carbonyl (C=O) groups is 1. The Hall–Kier alpha value is -3.69. The molecule has 3 aromatic rings. The third-order valence-electron chi connectivity index (χ3n) is 4.38. The largest absolute Gasteiger partial charge is 0.497 e. The lowest BCUT2D eigenvalue weighted by Crippen LogP contribution is -2.03. The highest BCUT2D eigenvalue weighted by molar-refractivity contribution is 5.98. The van der Waals surface area contributed by atoms with E-state index in [-0.39, 0.29) is 34.0 Å². The van der Waals surface area contributed by atoms with Gasteiger partial charge in [0, 0.05) is 25.2 Å². The zero-order valence-corrected chi connectivity index (χ0v) is 16.1. The van der Waals surface area contributed by atoms with Crippen LogP contribution >= 0.6 is 0 Å². The zero-order valence-electron chi connectivity index (χ0n) is 16.1. The number of hydrogen-bond donors (Lipinski definition) is 2. The molecule has 2 aromatic heterocycles. The number of pyridine rings is 1. The molecule has 10 heteroatoms. The summed E-state index contributed by atoms with van der Waals surface area (Å²) in [6.07, 6.45) is 1.78. The SMILES string of the molecule is CNc1c(C(=O)O)nn(C)c1-c1cc(OC)cc(-c2c(F)cncc2F)c1OC. The average molecular weight is 404 g/mol. The maximum absolute atomic E-state index is 14.5. The van der Waals surface area contributed by atoms with Crippen molar-refractivity contribution in [3.8, 4) is 33.9 Å². The van der Waals surface area contributed by atoms with Gasteiger partial charge in [-0.15, -0.1) is 0 Å². The molecule has 0 fully saturated rings. The Balaban J connectivity index is 2.43. The summed E-state index contributed by atoms with van der Waals surface area (Å²) in [5, 5.41) is 16.3. The first-order chi connectivity index (χ1) is 13.8. The van der Waals surface area contributed by atoms with Crippen LogP contribution in [0, 0.1) is 11.6 Å². The van der Waals surface area contributed by atoms with E-state index in [4.69, 9.17) is 9.47 Å². The Kier molecular flexibility index (Phi) is 5.35. The van der Waals surface area contributed by atoms with Crippen molar-refractivity contribution in [3.63, 3.8) is 0 Å². The second-order valence-electron chi connectivity index (χ2n) is 5.98. The van der Waals surface area contributed by atoms with Crippen LogP contribution in [0.25, 0.3) is 22.4 Å². The highest BCUT2D eigenvalue weighted by Gasteiger charge is 2.27. The van der Waals surface area contributed by atoms with Crippen molar-refractivity contribution in [2.75, 3.05) is 26.6 Å². The van der Waals surface area contributed by atoms with Gasteiger partial charge < -0.3 is 19.9 Å². The summed E-state index contributed by atoms with van der Waals surface area (Å²) in [4.78, 5) is 15.1. The number of hydrogen-bond acceptors (Lipinski definition) is 6. The lowest BCUT2D eigenvalue weighted by atomic mass is 9.98. The van der Waals surface area contributed by atoms with Crippen molar-refractivity contribution in [2.45, 2.75) is 0 Å². The number of aromatic nitrogens is 3. The molecule has 2 N–H and O–H groups in total. The maximum atomic E-state index is 14.5. The Morgan fingerprint density at radius 3 is 2.28 bits per heavy atom. The van der Waals surface area contributed by atoms with Gasteiger partial charge in [-0.25, -0.2) is 13.6 Å². The van der Waals surface area contributed by atoms with E-state index >= 15 is 0 Å². The van der Waals surface area contributed by atoms with E-state index in [1.54, 1.807) is 20.2 Å². The number of nitrogens with zero attached hydrogens (tertiary/aromatic N) is 3. The fraction of sp³-hybridized carbons (Fsp3) is 0.211. The van der Waals surface area contributed by atoms with Gasteiger partial charge in [-0.05, 0) is 12.1 Å². The molecule has 152 valence electrons. The fourth-order valence-corrected chi connectivity index (χ4v) is 3.19. The number of aryl methyl sites for hydroxylation is 1. The van der Waals surface area contributed by atoms with Crippen LogP contribution in [-0.2, 0) is 7.05 Å². The van der Waals surface area contributed by atoms with Crippen molar-refractivity contribution in [1.29, 1.82) is 0 Å². The van der Waals surface area contributed by atoms with E-state index in [2.05, 4.69) is 15.4 Å². The van der Waals surface area contributed by atoms with Crippen LogP contribution in [-0.4, -0.2) is 47.1 Å². The molecule has 0 spiro atoms. The summed E-state index contributed by atoms with van der Waals surface area (Å²) in [6, 6.07) is 3.00. The summed E-state index contributed by atoms with van der Waals surface area (Å²) in [5.74, 6) is -2.59. The van der Waals surface area contributed by atoms with Crippen LogP contribution in [0.3, 0.4) is 0 Å². The minimum absolute atomic E-state index is 0.0828. The second-order valence-corrected chi connectivity index (χ2v) is 5.98. The van der Waals surface area contributed by atoms with Crippen LogP contribution < -0.4 is 14.8 Å². The normalized spacial score (nSPS) is 10.7. The predicted octanol–water partition coefficient (Wildman–Crippen LogP) is 3.18. The van der Waals surface area contributed by atoms with Crippen LogP contribution in [0.1, 0.15) is 10.5 Å². The van der Waals surface area contributed by atoms with Crippen LogP contribution in [0.15, 0.2) is 24.5 Å². The Morgan fingerprint density at radius 1 is 1.14 bits per heavy atom. The molecule has 0 unspecified atom stereocenters. The van der Waals surface area contributed by atoms with Crippen molar-refractivity contribution in [2.24, 2.45) is 7.05 Å². The molecule has 0 aliphatic heterocycles. The number of methoxy groups -OCH3 is 2. The molecular formula is C19H18F2N4O4. The molecule has 0 amide bonds. The van der Waals surface area contributed by atoms with Gasteiger partial charge >= 0.3 is 5.97 Å². The van der Waals surface area contributed by atoms with Crippen molar-refractivity contribution >= 4 is 11.7 Å². The van der Waals surface area contributed by atoms with Gasteiger partial charge in [-0.2, -0.15) is 5.10 Å². The molecule has 0 radical (unpaired) electrons. The molecule has 0 bridgehead atoms. The molecule has 29 heavy (non-hydrogen) atoms. The van der Waals surface area contributed by atoms with Gasteiger partial charge in [-0.1, -0.05) is 0 Å². The van der Waals surface area contributed by atoms with Gasteiger partial charge in [0.25, 0.3) is 0 Å². The minimum atomic E-state index is -1.23. The molecule has 2 heterocycles. The van der Waals surface area contributed by atoms with Crippen LogP contribution in [0.5, 0.6) is 11.5 Å². The smallest absolute Gasteiger partial charge is 0.358 e. The summed E-state index contributed by atoms with van der Waals surface area (Å²) in [6.45, 7) is 0. The third kappa shape index (κ3) is 3.33. The minimum Gasteiger partial charge on any atom is -0.497 e. The highest BCUT2D eigenvalue weighted by atomic mass is 19.1. The van der Waals surface area contributed by atoms with Gasteiger partial charge in [0.1, 0.15) is 11.5 Å². The predicted molar refractivity (Wildman–Crippen MR) is 101 cm³/mol. The van der Waals surface area contributed by atoms with Crippen molar-refractivity contribution in [1.82, 2.24) is 14.8 Å². The zero-order chi connectivity index (χ0) is 21.3. The molecule has 3 rings (SSSR count). The van der Waals surface area contributed by atoms with Gasteiger partial charge in [0.05, 0.1) is 43.6 Å². The van der Waals surface area contributed by atoms with Gasteiger partial charge in [0.15, 0.2) is 17.3 Å². The third-order valence-corrected chi connectivity index (χ3v) is 4.38. The van der Waals surface area contributed by atoms with Gasteiger partial charge in [0.2, 0.25) is 0 Å². The fourth-order valence-electron chi connectivity index (χ4n) is 3.19. The number of carboxylic acids is 1. The highest BCUT2D eigenvalue weighted by Crippen LogP contribution is 2.45. The first kappa shape index (κ1) is 20.1. The number of aromatic carboxylic acids is 1. The first-order valence-electron chi connectivity index (χ1n) is 8.37. The molecule has 1 aromatic carbocycles. The van der Waals surface area contributed by atoms with E-state index in [0.29, 0.717) is 11.3 Å². The van der Waals surface area contributed by atoms with Crippen LogP contribution in [0.2, 0.25) is 0 Å². The second kappa shape index (κ2) is 7.74. The number of rotatable bonds is 6. The number of benzene rings is 1. The molecule has 0 atom stereocenters. The summed E-state index contributed by atoms with van der Waals surface area (Å²) < 4.78 is 41.0. The molecule has 8 nitrogen and oxygen atoms in total. The van der Waals surface area contributed by atoms with Crippen molar-refractivity contribution < 1.29 is 28.2 Å². The monoisotopic (exact) mass is 404 g/mol. The number of nitrogens with one attached hydrogen (secondary N) is 1. The van der Waals surface area contributed by atoms with E-state index in [1.807, 2.05) is 0 Å². The van der Waals surface area contributed by atoms with E-state index in [0.717, 1.165) is 12.4 Å². The van der Waals surface area contributed by atoms with E-state index in [9.17, 15) is 18.7 Å². The number of halogens is 2. The lowest BCUT2D eigenvalue weighted by Gasteiger charge is -2.18. The molecule has 0 aliphatic rings. The lowest BCUT2D eigenvalue weighted by molar-refractivity contribution is 0.0690. The topological polar surface area (TPSA) is 98.5 Å². The van der Waals surface area contributed by atoms with E-state index in [1.165, 1.54) is 25.0 Å². The summed E-state index contributed by atoms with van der Waals surface area (Å²) >= 11 is 0. The number of ether oxygens (including phenoxy) is 2. The standard InChI is InChI=1S/C19H18F2N4O4/c1-22-15-16(19(26)27)24-25(2)17(15)11-6-9(28-3)5-10(18(11)29-4)14-12(20)7-23-8-13(14)21/h5-8,22H,1-4H3,(H,26,27). The van der Waals surface area contributed by atoms with E-state index < -0.39 is 17.6 Å². The number of anilines is 1. The molecular weight excluding hydrogens is 386 g/mol. The first-order valence-corrected chi connectivity index (χ1v) is 8.37. The maximum Gasteiger partial charge on any atom is 0.358 e. The molecule has 0 saturated carbocycles. The Bertz CT molecular complexity index is 1080. The average Bonchev–Trinajstić information content (AvgIpc) is 3.03.